The van der Waals surface area contributed by atoms with Crippen molar-refractivity contribution in [2.45, 2.75) is 24.9 Å². The van der Waals surface area contributed by atoms with Crippen molar-refractivity contribution in [1.29, 1.82) is 0 Å². The number of rotatable bonds is 4. The average Bonchev–Trinajstić information content (AvgIpc) is 3.09. The first-order chi connectivity index (χ1) is 12.2. The van der Waals surface area contributed by atoms with Gasteiger partial charge in [0.2, 0.25) is 11.7 Å². The number of fused-ring (bicyclic) bond motifs is 1. The van der Waals surface area contributed by atoms with Gasteiger partial charge >= 0.3 is 6.18 Å². The third kappa shape index (κ3) is 3.36. The topological polar surface area (TPSA) is 90.0 Å². The lowest BCUT2D eigenvalue weighted by Gasteiger charge is -2.05. The van der Waals surface area contributed by atoms with Crippen molar-refractivity contribution in [2.75, 3.05) is 11.1 Å². The van der Waals surface area contributed by atoms with E-state index in [0.717, 1.165) is 16.9 Å². The Morgan fingerprint density at radius 3 is 2.69 bits per heavy atom. The fourth-order valence-electron chi connectivity index (χ4n) is 2.29. The Morgan fingerprint density at radius 1 is 1.35 bits per heavy atom. The largest absolute Gasteiger partial charge is 0.433 e. The molecular formula is C14H14F3N7OS. The normalized spacial score (nSPS) is 11.9. The van der Waals surface area contributed by atoms with Crippen LogP contribution >= 0.6 is 11.8 Å². The third-order valence-corrected chi connectivity index (χ3v) is 4.28. The number of anilines is 1. The summed E-state index contributed by atoms with van der Waals surface area (Å²) in [5.74, 6) is 1.05. The molecule has 3 aromatic rings. The molecule has 0 saturated carbocycles. The molecule has 0 fully saturated rings. The molecule has 0 aliphatic heterocycles. The number of carbonyl (C=O) groups excluding carboxylic acids is 1. The zero-order valence-electron chi connectivity index (χ0n) is 14.0. The van der Waals surface area contributed by atoms with E-state index in [4.69, 9.17) is 0 Å². The summed E-state index contributed by atoms with van der Waals surface area (Å²) in [5.41, 5.74) is -0.672. The molecule has 0 aromatic carbocycles. The van der Waals surface area contributed by atoms with Gasteiger partial charge in [0.15, 0.2) is 5.65 Å². The fraction of sp³-hybridized carbons (Fsp3) is 0.357. The van der Waals surface area contributed by atoms with Crippen LogP contribution in [0.25, 0.3) is 17.2 Å². The number of nitrogens with one attached hydrogen (secondary N) is 1. The van der Waals surface area contributed by atoms with Crippen LogP contribution in [-0.2, 0) is 18.0 Å². The van der Waals surface area contributed by atoms with Crippen molar-refractivity contribution in [1.82, 2.24) is 29.4 Å². The van der Waals surface area contributed by atoms with Gasteiger partial charge in [-0.05, 0) is 5.75 Å². The van der Waals surface area contributed by atoms with E-state index >= 15 is 0 Å². The molecule has 138 valence electrons. The van der Waals surface area contributed by atoms with E-state index in [9.17, 15) is 18.0 Å². The van der Waals surface area contributed by atoms with Crippen molar-refractivity contribution >= 4 is 29.1 Å². The van der Waals surface area contributed by atoms with Crippen molar-refractivity contribution < 1.29 is 18.0 Å². The van der Waals surface area contributed by atoms with Gasteiger partial charge in [0, 0.05) is 20.0 Å². The number of aromatic nitrogens is 6. The molecule has 3 rings (SSSR count). The standard InChI is InChI=1S/C14H14F3N7OS/c1-4-26-11-10(21-23(3)13(11)19-7(2)25)12-20-9-5-8(14(15,16)17)18-6-24(9)22-12/h5-6H,4H2,1-3H3,(H,19,25). The van der Waals surface area contributed by atoms with Gasteiger partial charge in [0.25, 0.3) is 0 Å². The smallest absolute Gasteiger partial charge is 0.310 e. The van der Waals surface area contributed by atoms with E-state index in [1.165, 1.54) is 23.4 Å². The van der Waals surface area contributed by atoms with E-state index in [-0.39, 0.29) is 17.4 Å². The first-order valence-electron chi connectivity index (χ1n) is 7.48. The van der Waals surface area contributed by atoms with E-state index in [1.807, 2.05) is 6.92 Å². The van der Waals surface area contributed by atoms with Gasteiger partial charge in [-0.2, -0.15) is 18.3 Å². The van der Waals surface area contributed by atoms with Crippen LogP contribution in [0.3, 0.4) is 0 Å². The number of hydrogen-bond acceptors (Lipinski definition) is 6. The van der Waals surface area contributed by atoms with E-state index < -0.39 is 11.9 Å². The molecule has 0 unspecified atom stereocenters. The van der Waals surface area contributed by atoms with Crippen molar-refractivity contribution in [2.24, 2.45) is 7.05 Å². The quantitative estimate of drug-likeness (QED) is 0.695. The van der Waals surface area contributed by atoms with Crippen LogP contribution in [0.5, 0.6) is 0 Å². The van der Waals surface area contributed by atoms with Crippen molar-refractivity contribution in [3.05, 3.63) is 18.1 Å². The number of alkyl halides is 3. The summed E-state index contributed by atoms with van der Waals surface area (Å²) in [6.07, 6.45) is -3.61. The summed E-state index contributed by atoms with van der Waals surface area (Å²) >= 11 is 1.42. The minimum absolute atomic E-state index is 0.00139. The lowest BCUT2D eigenvalue weighted by Crippen LogP contribution is -2.10. The maximum Gasteiger partial charge on any atom is 0.433 e. The van der Waals surface area contributed by atoms with E-state index in [0.29, 0.717) is 22.2 Å². The van der Waals surface area contributed by atoms with Crippen LogP contribution in [0.1, 0.15) is 19.5 Å². The van der Waals surface area contributed by atoms with Crippen LogP contribution in [0, 0.1) is 0 Å². The molecule has 12 heteroatoms. The SMILES string of the molecule is CCSc1c(-c2nc3cc(C(F)(F)F)ncn3n2)nn(C)c1NC(C)=O. The fourth-order valence-corrected chi connectivity index (χ4v) is 3.16. The Bertz CT molecular complexity index is 979. The maximum absolute atomic E-state index is 12.8. The summed E-state index contributed by atoms with van der Waals surface area (Å²) in [7, 11) is 1.65. The molecular weight excluding hydrogens is 371 g/mol. The van der Waals surface area contributed by atoms with Gasteiger partial charge in [-0.1, -0.05) is 6.92 Å². The van der Waals surface area contributed by atoms with Crippen molar-refractivity contribution in [3.63, 3.8) is 0 Å². The zero-order chi connectivity index (χ0) is 19.1. The lowest BCUT2D eigenvalue weighted by molar-refractivity contribution is -0.141. The zero-order valence-corrected chi connectivity index (χ0v) is 14.8. The Hall–Kier alpha value is -2.63. The molecule has 0 spiro atoms. The summed E-state index contributed by atoms with van der Waals surface area (Å²) in [5, 5.41) is 11.2. The minimum atomic E-state index is -4.57. The molecule has 1 N–H and O–H groups in total. The van der Waals surface area contributed by atoms with E-state index in [2.05, 4.69) is 25.5 Å². The summed E-state index contributed by atoms with van der Waals surface area (Å²) in [6.45, 7) is 3.30. The lowest BCUT2D eigenvalue weighted by atomic mass is 10.4. The van der Waals surface area contributed by atoms with Crippen LogP contribution in [0.15, 0.2) is 17.3 Å². The van der Waals surface area contributed by atoms with E-state index in [1.54, 1.807) is 7.05 Å². The molecule has 26 heavy (non-hydrogen) atoms. The molecule has 0 atom stereocenters. The van der Waals surface area contributed by atoms with Gasteiger partial charge < -0.3 is 5.32 Å². The monoisotopic (exact) mass is 385 g/mol. The van der Waals surface area contributed by atoms with Gasteiger partial charge in [0.1, 0.15) is 23.5 Å². The first kappa shape index (κ1) is 18.2. The molecule has 0 radical (unpaired) electrons. The summed E-state index contributed by atoms with van der Waals surface area (Å²) < 4.78 is 41.0. The van der Waals surface area contributed by atoms with Gasteiger partial charge in [-0.3, -0.25) is 9.48 Å². The predicted molar refractivity (Wildman–Crippen MR) is 88.7 cm³/mol. The van der Waals surface area contributed by atoms with Crippen LogP contribution in [0.2, 0.25) is 0 Å². The van der Waals surface area contributed by atoms with Gasteiger partial charge in [0.05, 0.1) is 4.90 Å². The molecule has 0 saturated heterocycles. The highest BCUT2D eigenvalue weighted by Crippen LogP contribution is 2.36. The second-order valence-electron chi connectivity index (χ2n) is 5.27. The molecule has 3 aromatic heterocycles. The highest BCUT2D eigenvalue weighted by Gasteiger charge is 2.33. The molecule has 1 amide bonds. The number of thioether (sulfide) groups is 1. The third-order valence-electron chi connectivity index (χ3n) is 3.32. The van der Waals surface area contributed by atoms with Gasteiger partial charge in [-0.25, -0.2) is 14.5 Å². The number of aryl methyl sites for hydroxylation is 1. The number of carbonyl (C=O) groups is 1. The second kappa shape index (κ2) is 6.59. The van der Waals surface area contributed by atoms with Crippen LogP contribution < -0.4 is 5.32 Å². The molecule has 0 aliphatic carbocycles. The average molecular weight is 385 g/mol. The Balaban J connectivity index is 2.12. The maximum atomic E-state index is 12.8. The van der Waals surface area contributed by atoms with Crippen molar-refractivity contribution in [3.8, 4) is 11.5 Å². The molecule has 0 bridgehead atoms. The Kier molecular flexibility index (Phi) is 4.61. The Labute approximate surface area is 149 Å². The highest BCUT2D eigenvalue weighted by molar-refractivity contribution is 7.99. The summed E-state index contributed by atoms with van der Waals surface area (Å²) in [4.78, 5) is 19.6. The number of hydrogen-bond donors (Lipinski definition) is 1. The predicted octanol–water partition coefficient (Wildman–Crippen LogP) is 2.61. The Morgan fingerprint density at radius 2 is 2.08 bits per heavy atom. The molecule has 8 nitrogen and oxygen atoms in total. The van der Waals surface area contributed by atoms with Gasteiger partial charge in [-0.15, -0.1) is 16.9 Å². The number of amides is 1. The molecule has 0 aliphatic rings. The number of nitrogens with zero attached hydrogens (tertiary/aromatic N) is 6. The summed E-state index contributed by atoms with van der Waals surface area (Å²) in [6, 6.07) is 0.820. The van der Waals surface area contributed by atoms with Crippen LogP contribution in [-0.4, -0.2) is 41.0 Å². The minimum Gasteiger partial charge on any atom is -0.310 e. The highest BCUT2D eigenvalue weighted by atomic mass is 32.2. The first-order valence-corrected chi connectivity index (χ1v) is 8.46. The van der Waals surface area contributed by atoms with Crippen LogP contribution in [0.4, 0.5) is 19.0 Å². The number of halogens is 3. The second-order valence-corrected chi connectivity index (χ2v) is 6.55. The molecule has 3 heterocycles.